The molecule has 4 aromatic rings. The fraction of sp³-hybridized carbons (Fsp3) is 0.192. The van der Waals surface area contributed by atoms with Gasteiger partial charge in [-0.05, 0) is 42.2 Å². The first kappa shape index (κ1) is 20.3. The molecule has 2 aromatic heterocycles. The van der Waals surface area contributed by atoms with E-state index in [1.54, 1.807) is 6.07 Å². The number of ketones is 1. The summed E-state index contributed by atoms with van der Waals surface area (Å²) in [6.45, 7) is 1.83. The fourth-order valence-corrected chi connectivity index (χ4v) is 3.60. The number of nitrogens with zero attached hydrogens (tertiary/aromatic N) is 2. The third-order valence-electron chi connectivity index (χ3n) is 5.34. The minimum atomic E-state index is -0.470. The summed E-state index contributed by atoms with van der Waals surface area (Å²) in [4.78, 5) is 21.3. The molecule has 2 aromatic carbocycles. The highest BCUT2D eigenvalue weighted by molar-refractivity contribution is 5.92. The molecule has 1 aliphatic rings. The number of Topliss-reactive ketones (excluding diaryl/α,β-unsaturated/α-hetero) is 1. The zero-order valence-corrected chi connectivity index (χ0v) is 17.6. The van der Waals surface area contributed by atoms with E-state index in [1.807, 2.05) is 37.3 Å². The van der Waals surface area contributed by atoms with Crippen LogP contribution < -0.4 is 0 Å². The van der Waals surface area contributed by atoms with Crippen LogP contribution in [-0.4, -0.2) is 22.0 Å². The predicted molar refractivity (Wildman–Crippen MR) is 119 cm³/mol. The molecule has 0 unspecified atom stereocenters. The van der Waals surface area contributed by atoms with E-state index in [0.29, 0.717) is 30.0 Å². The van der Waals surface area contributed by atoms with Gasteiger partial charge in [-0.25, -0.2) is 9.97 Å². The molecule has 0 amide bonds. The molecule has 1 fully saturated rings. The predicted octanol–water partition coefficient (Wildman–Crippen LogP) is 5.61. The van der Waals surface area contributed by atoms with Crippen molar-refractivity contribution in [1.29, 1.82) is 0 Å². The largest absolute Gasteiger partial charge is 0.432 e. The Kier molecular flexibility index (Phi) is 5.62. The zero-order valence-electron chi connectivity index (χ0n) is 17.6. The SMILES string of the molecule is CC1OC(c2cccc(-c3cnc(C(=O)CCc4ccc(-c5ccccc5)cc4)o3)n2)O1. The van der Waals surface area contributed by atoms with Crippen molar-refractivity contribution in [3.63, 3.8) is 0 Å². The Bertz CT molecular complexity index is 1210. The van der Waals surface area contributed by atoms with Crippen molar-refractivity contribution in [2.75, 3.05) is 0 Å². The van der Waals surface area contributed by atoms with Gasteiger partial charge in [0.25, 0.3) is 5.89 Å². The quantitative estimate of drug-likeness (QED) is 0.358. The Morgan fingerprint density at radius 1 is 0.906 bits per heavy atom. The third-order valence-corrected chi connectivity index (χ3v) is 5.34. The average Bonchev–Trinajstić information content (AvgIpc) is 3.32. The number of carbonyl (C=O) groups excluding carboxylic acids is 1. The standard InChI is InChI=1S/C26H22N2O4/c1-17-30-26(31-17)22-9-5-8-21(28-22)24-16-27-25(32-24)23(29)15-12-18-10-13-20(14-11-18)19-6-3-2-4-7-19/h2-11,13-14,16-17,26H,12,15H2,1H3. The van der Waals surface area contributed by atoms with Gasteiger partial charge in [0.2, 0.25) is 12.1 Å². The number of hydrogen-bond acceptors (Lipinski definition) is 6. The molecule has 0 atom stereocenters. The van der Waals surface area contributed by atoms with E-state index < -0.39 is 6.29 Å². The smallest absolute Gasteiger partial charge is 0.263 e. The van der Waals surface area contributed by atoms with Crippen LogP contribution in [0.15, 0.2) is 83.4 Å². The molecule has 1 saturated heterocycles. The van der Waals surface area contributed by atoms with Crippen LogP contribution in [0.1, 0.15) is 41.6 Å². The maximum atomic E-state index is 12.6. The number of oxazole rings is 1. The monoisotopic (exact) mass is 426 g/mol. The summed E-state index contributed by atoms with van der Waals surface area (Å²) in [5.74, 6) is 0.395. The molecule has 32 heavy (non-hydrogen) atoms. The molecule has 6 nitrogen and oxygen atoms in total. The molecule has 0 N–H and O–H groups in total. The first-order valence-corrected chi connectivity index (χ1v) is 10.6. The Labute approximate surface area is 185 Å². The Morgan fingerprint density at radius 3 is 2.41 bits per heavy atom. The van der Waals surface area contributed by atoms with E-state index in [2.05, 4.69) is 46.4 Å². The summed E-state index contributed by atoms with van der Waals surface area (Å²) in [6, 6.07) is 23.9. The molecule has 3 heterocycles. The first-order chi connectivity index (χ1) is 15.7. The summed E-state index contributed by atoms with van der Waals surface area (Å²) in [6.07, 6.45) is 1.77. The van der Waals surface area contributed by atoms with Gasteiger partial charge in [0.05, 0.1) is 11.9 Å². The van der Waals surface area contributed by atoms with Gasteiger partial charge >= 0.3 is 0 Å². The summed E-state index contributed by atoms with van der Waals surface area (Å²) >= 11 is 0. The van der Waals surface area contributed by atoms with Crippen LogP contribution in [0.2, 0.25) is 0 Å². The second kappa shape index (κ2) is 8.86. The Balaban J connectivity index is 1.21. The van der Waals surface area contributed by atoms with Crippen LogP contribution in [0.3, 0.4) is 0 Å². The first-order valence-electron chi connectivity index (χ1n) is 10.6. The van der Waals surface area contributed by atoms with Crippen LogP contribution in [0.25, 0.3) is 22.6 Å². The fourth-order valence-electron chi connectivity index (χ4n) is 3.60. The van der Waals surface area contributed by atoms with Crippen molar-refractivity contribution in [3.8, 4) is 22.6 Å². The molecule has 0 radical (unpaired) electrons. The topological polar surface area (TPSA) is 74.5 Å². The van der Waals surface area contributed by atoms with Gasteiger partial charge in [0.15, 0.2) is 12.1 Å². The van der Waals surface area contributed by atoms with Crippen molar-refractivity contribution in [1.82, 2.24) is 9.97 Å². The van der Waals surface area contributed by atoms with Crippen LogP contribution in [0, 0.1) is 0 Å². The molecule has 0 saturated carbocycles. The molecule has 0 aliphatic carbocycles. The van der Waals surface area contributed by atoms with Gasteiger partial charge < -0.3 is 13.9 Å². The lowest BCUT2D eigenvalue weighted by molar-refractivity contribution is -0.383. The molecule has 6 heteroatoms. The molecule has 160 valence electrons. The lowest BCUT2D eigenvalue weighted by Gasteiger charge is -2.33. The van der Waals surface area contributed by atoms with E-state index >= 15 is 0 Å². The lowest BCUT2D eigenvalue weighted by Crippen LogP contribution is -2.32. The maximum Gasteiger partial charge on any atom is 0.263 e. The summed E-state index contributed by atoms with van der Waals surface area (Å²) in [7, 11) is 0. The van der Waals surface area contributed by atoms with Gasteiger partial charge in [-0.15, -0.1) is 0 Å². The van der Waals surface area contributed by atoms with Crippen molar-refractivity contribution in [3.05, 3.63) is 96.1 Å². The number of carbonyl (C=O) groups is 1. The van der Waals surface area contributed by atoms with E-state index in [9.17, 15) is 4.79 Å². The van der Waals surface area contributed by atoms with E-state index in [0.717, 1.165) is 11.1 Å². The number of hydrogen-bond donors (Lipinski definition) is 0. The second-order valence-electron chi connectivity index (χ2n) is 7.64. The number of rotatable bonds is 7. The minimum absolute atomic E-state index is 0.0953. The highest BCUT2D eigenvalue weighted by Crippen LogP contribution is 2.31. The number of aryl methyl sites for hydroxylation is 1. The maximum absolute atomic E-state index is 12.6. The summed E-state index contributed by atoms with van der Waals surface area (Å²) in [5.41, 5.74) is 4.65. The van der Waals surface area contributed by atoms with E-state index in [-0.39, 0.29) is 18.0 Å². The number of ether oxygens (including phenoxy) is 2. The average molecular weight is 426 g/mol. The minimum Gasteiger partial charge on any atom is -0.432 e. The number of benzene rings is 2. The van der Waals surface area contributed by atoms with Crippen LogP contribution in [0.4, 0.5) is 0 Å². The number of pyridine rings is 1. The van der Waals surface area contributed by atoms with Crippen molar-refractivity contribution in [2.45, 2.75) is 32.3 Å². The van der Waals surface area contributed by atoms with Crippen molar-refractivity contribution < 1.29 is 18.7 Å². The molecule has 5 rings (SSSR count). The highest BCUT2D eigenvalue weighted by atomic mass is 16.9. The van der Waals surface area contributed by atoms with E-state index in [4.69, 9.17) is 13.9 Å². The number of aromatic nitrogens is 2. The molecule has 0 bridgehead atoms. The molecule has 0 spiro atoms. The molecule has 1 aliphatic heterocycles. The van der Waals surface area contributed by atoms with Gasteiger partial charge in [-0.3, -0.25) is 4.79 Å². The van der Waals surface area contributed by atoms with Crippen LogP contribution in [-0.2, 0) is 15.9 Å². The summed E-state index contributed by atoms with van der Waals surface area (Å²) in [5, 5.41) is 0. The van der Waals surface area contributed by atoms with Gasteiger partial charge in [-0.2, -0.15) is 0 Å². The summed E-state index contributed by atoms with van der Waals surface area (Å²) < 4.78 is 16.7. The lowest BCUT2D eigenvalue weighted by atomic mass is 10.0. The second-order valence-corrected chi connectivity index (χ2v) is 7.64. The van der Waals surface area contributed by atoms with Crippen LogP contribution in [0.5, 0.6) is 0 Å². The van der Waals surface area contributed by atoms with Crippen molar-refractivity contribution >= 4 is 5.78 Å². The third kappa shape index (κ3) is 4.37. The zero-order chi connectivity index (χ0) is 21.9. The Hall–Kier alpha value is -3.61. The van der Waals surface area contributed by atoms with E-state index in [1.165, 1.54) is 11.8 Å². The normalized spacial score (nSPS) is 17.7. The van der Waals surface area contributed by atoms with Gasteiger partial charge in [0.1, 0.15) is 5.69 Å². The van der Waals surface area contributed by atoms with Crippen LogP contribution >= 0.6 is 0 Å². The molecular formula is C26H22N2O4. The molecular weight excluding hydrogens is 404 g/mol. The van der Waals surface area contributed by atoms with Gasteiger partial charge in [-0.1, -0.05) is 60.7 Å². The van der Waals surface area contributed by atoms with Crippen molar-refractivity contribution in [2.24, 2.45) is 0 Å². The highest BCUT2D eigenvalue weighted by Gasteiger charge is 2.30. The van der Waals surface area contributed by atoms with Gasteiger partial charge in [0, 0.05) is 6.42 Å². The Morgan fingerprint density at radius 2 is 1.66 bits per heavy atom.